The van der Waals surface area contributed by atoms with E-state index in [1.807, 2.05) is 60.7 Å². The Morgan fingerprint density at radius 1 is 0.731 bits per heavy atom. The minimum absolute atomic E-state index is 0.211. The SMILES string of the molecule is NC(=O)C(Cc1ccccc1)CC(O)CC(Cc1ccccc1)C(N)=O. The first-order chi connectivity index (χ1) is 12.5. The molecule has 5 N–H and O–H groups in total. The minimum atomic E-state index is -0.822. The zero-order chi connectivity index (χ0) is 18.9. The molecule has 0 aliphatic carbocycles. The molecule has 0 heterocycles. The van der Waals surface area contributed by atoms with Crippen molar-refractivity contribution >= 4 is 11.8 Å². The minimum Gasteiger partial charge on any atom is -0.393 e. The third kappa shape index (κ3) is 6.33. The topological polar surface area (TPSA) is 106 Å². The molecule has 26 heavy (non-hydrogen) atoms. The van der Waals surface area contributed by atoms with Crippen molar-refractivity contribution in [1.29, 1.82) is 0 Å². The summed E-state index contributed by atoms with van der Waals surface area (Å²) in [7, 11) is 0. The standard InChI is InChI=1S/C21H26N2O3/c22-20(25)17(11-15-7-3-1-4-8-15)13-19(24)14-18(21(23)26)12-16-9-5-2-6-10-16/h1-10,17-19,24H,11-14H2,(H2,22,25)(H2,23,26). The first-order valence-corrected chi connectivity index (χ1v) is 8.80. The molecule has 0 spiro atoms. The average molecular weight is 354 g/mol. The monoisotopic (exact) mass is 354 g/mol. The van der Waals surface area contributed by atoms with Gasteiger partial charge in [0.25, 0.3) is 0 Å². The number of nitrogens with two attached hydrogens (primary N) is 2. The lowest BCUT2D eigenvalue weighted by molar-refractivity contribution is -0.123. The van der Waals surface area contributed by atoms with Crippen molar-refractivity contribution in [3.05, 3.63) is 71.8 Å². The fourth-order valence-corrected chi connectivity index (χ4v) is 3.15. The molecular formula is C21H26N2O3. The van der Waals surface area contributed by atoms with Crippen LogP contribution in [-0.4, -0.2) is 23.0 Å². The van der Waals surface area contributed by atoms with E-state index >= 15 is 0 Å². The number of amides is 2. The lowest BCUT2D eigenvalue weighted by atomic mass is 9.87. The van der Waals surface area contributed by atoms with Crippen molar-refractivity contribution in [2.45, 2.75) is 31.8 Å². The van der Waals surface area contributed by atoms with Gasteiger partial charge in [0, 0.05) is 11.8 Å². The van der Waals surface area contributed by atoms with Gasteiger partial charge in [0.2, 0.25) is 11.8 Å². The lowest BCUT2D eigenvalue weighted by Crippen LogP contribution is -2.33. The molecule has 0 saturated heterocycles. The van der Waals surface area contributed by atoms with Gasteiger partial charge in [-0.25, -0.2) is 0 Å². The van der Waals surface area contributed by atoms with E-state index in [4.69, 9.17) is 11.5 Å². The fraction of sp³-hybridized carbons (Fsp3) is 0.333. The smallest absolute Gasteiger partial charge is 0.220 e. The van der Waals surface area contributed by atoms with E-state index < -0.39 is 29.8 Å². The first kappa shape index (κ1) is 19.7. The molecule has 2 amide bonds. The number of carbonyl (C=O) groups excluding carboxylic acids is 2. The molecule has 138 valence electrons. The van der Waals surface area contributed by atoms with Gasteiger partial charge in [0.1, 0.15) is 0 Å². The zero-order valence-electron chi connectivity index (χ0n) is 14.8. The number of hydrogen-bond donors (Lipinski definition) is 3. The van der Waals surface area contributed by atoms with Crippen LogP contribution in [-0.2, 0) is 22.4 Å². The van der Waals surface area contributed by atoms with Gasteiger partial charge in [-0.3, -0.25) is 9.59 Å². The lowest BCUT2D eigenvalue weighted by Gasteiger charge is -2.21. The molecule has 5 nitrogen and oxygen atoms in total. The third-order valence-corrected chi connectivity index (χ3v) is 4.57. The molecule has 2 aromatic carbocycles. The van der Waals surface area contributed by atoms with Gasteiger partial charge in [-0.2, -0.15) is 0 Å². The summed E-state index contributed by atoms with van der Waals surface area (Å²) >= 11 is 0. The van der Waals surface area contributed by atoms with E-state index in [1.54, 1.807) is 0 Å². The molecule has 5 heteroatoms. The van der Waals surface area contributed by atoms with Crippen LogP contribution in [0.2, 0.25) is 0 Å². The van der Waals surface area contributed by atoms with Crippen molar-refractivity contribution in [2.24, 2.45) is 23.3 Å². The van der Waals surface area contributed by atoms with E-state index in [1.165, 1.54) is 0 Å². The molecule has 0 bridgehead atoms. The Morgan fingerprint density at radius 2 is 1.08 bits per heavy atom. The summed E-state index contributed by atoms with van der Waals surface area (Å²) in [5.74, 6) is -1.88. The van der Waals surface area contributed by atoms with Crippen LogP contribution in [0.4, 0.5) is 0 Å². The number of hydrogen-bond acceptors (Lipinski definition) is 3. The Labute approximate surface area is 154 Å². The second-order valence-corrected chi connectivity index (χ2v) is 6.70. The van der Waals surface area contributed by atoms with Crippen molar-refractivity contribution in [3.63, 3.8) is 0 Å². The van der Waals surface area contributed by atoms with Crippen LogP contribution in [0.25, 0.3) is 0 Å². The van der Waals surface area contributed by atoms with Crippen LogP contribution in [0, 0.1) is 11.8 Å². The third-order valence-electron chi connectivity index (χ3n) is 4.57. The number of primary amides is 2. The second-order valence-electron chi connectivity index (χ2n) is 6.70. The predicted molar refractivity (Wildman–Crippen MR) is 101 cm³/mol. The molecular weight excluding hydrogens is 328 g/mol. The highest BCUT2D eigenvalue weighted by Crippen LogP contribution is 2.20. The molecule has 0 aliphatic rings. The Bertz CT molecular complexity index is 642. The molecule has 2 unspecified atom stereocenters. The Hall–Kier alpha value is -2.66. The molecule has 0 saturated carbocycles. The number of aliphatic hydroxyl groups excluding tert-OH is 1. The van der Waals surface area contributed by atoms with E-state index in [-0.39, 0.29) is 12.8 Å². The first-order valence-electron chi connectivity index (χ1n) is 8.80. The van der Waals surface area contributed by atoms with Gasteiger partial charge in [-0.15, -0.1) is 0 Å². The maximum atomic E-state index is 11.8. The summed E-state index contributed by atoms with van der Waals surface area (Å²) in [6.45, 7) is 0. The second kappa shape index (κ2) is 9.73. The van der Waals surface area contributed by atoms with Crippen LogP contribution in [0.3, 0.4) is 0 Å². The van der Waals surface area contributed by atoms with Gasteiger partial charge in [-0.1, -0.05) is 60.7 Å². The van der Waals surface area contributed by atoms with E-state index in [0.717, 1.165) is 11.1 Å². The molecule has 0 radical (unpaired) electrons. The van der Waals surface area contributed by atoms with Crippen LogP contribution >= 0.6 is 0 Å². The Kier molecular flexibility index (Phi) is 7.36. The largest absolute Gasteiger partial charge is 0.393 e. The predicted octanol–water partition coefficient (Wildman–Crippen LogP) is 1.82. The average Bonchev–Trinajstić information content (AvgIpc) is 2.62. The number of benzene rings is 2. The molecule has 0 aromatic heterocycles. The summed E-state index contributed by atoms with van der Waals surface area (Å²) < 4.78 is 0. The summed E-state index contributed by atoms with van der Waals surface area (Å²) in [5, 5.41) is 10.4. The summed E-state index contributed by atoms with van der Waals surface area (Å²) in [5.41, 5.74) is 13.0. The van der Waals surface area contributed by atoms with Crippen molar-refractivity contribution in [1.82, 2.24) is 0 Å². The highest BCUT2D eigenvalue weighted by Gasteiger charge is 2.25. The van der Waals surface area contributed by atoms with Gasteiger partial charge < -0.3 is 16.6 Å². The number of aliphatic hydroxyl groups is 1. The van der Waals surface area contributed by atoms with Gasteiger partial charge >= 0.3 is 0 Å². The number of carbonyl (C=O) groups is 2. The molecule has 2 rings (SSSR count). The van der Waals surface area contributed by atoms with E-state index in [2.05, 4.69) is 0 Å². The summed E-state index contributed by atoms with van der Waals surface area (Å²) in [6, 6.07) is 19.1. The highest BCUT2D eigenvalue weighted by atomic mass is 16.3. The zero-order valence-corrected chi connectivity index (χ0v) is 14.8. The maximum Gasteiger partial charge on any atom is 0.220 e. The van der Waals surface area contributed by atoms with Gasteiger partial charge in [0.05, 0.1) is 6.10 Å². The Morgan fingerprint density at radius 3 is 1.38 bits per heavy atom. The van der Waals surface area contributed by atoms with Crippen molar-refractivity contribution in [2.75, 3.05) is 0 Å². The molecule has 2 aromatic rings. The van der Waals surface area contributed by atoms with E-state index in [0.29, 0.717) is 12.8 Å². The molecule has 2 atom stereocenters. The van der Waals surface area contributed by atoms with Crippen LogP contribution in [0.5, 0.6) is 0 Å². The van der Waals surface area contributed by atoms with Crippen molar-refractivity contribution in [3.8, 4) is 0 Å². The maximum absolute atomic E-state index is 11.8. The normalized spacial score (nSPS) is 14.3. The summed E-state index contributed by atoms with van der Waals surface area (Å²) in [6.07, 6.45) is 0.531. The van der Waals surface area contributed by atoms with Crippen LogP contribution < -0.4 is 11.5 Å². The highest BCUT2D eigenvalue weighted by molar-refractivity contribution is 5.77. The van der Waals surface area contributed by atoms with Crippen LogP contribution in [0.1, 0.15) is 24.0 Å². The van der Waals surface area contributed by atoms with Crippen LogP contribution in [0.15, 0.2) is 60.7 Å². The Balaban J connectivity index is 1.97. The quantitative estimate of drug-likeness (QED) is 0.606. The van der Waals surface area contributed by atoms with Gasteiger partial charge in [0.15, 0.2) is 0 Å². The van der Waals surface area contributed by atoms with E-state index in [9.17, 15) is 14.7 Å². The molecule has 0 fully saturated rings. The van der Waals surface area contributed by atoms with Gasteiger partial charge in [-0.05, 0) is 36.8 Å². The fourth-order valence-electron chi connectivity index (χ4n) is 3.15. The number of rotatable bonds is 10. The summed E-state index contributed by atoms with van der Waals surface area (Å²) in [4.78, 5) is 23.5. The molecule has 0 aliphatic heterocycles. The van der Waals surface area contributed by atoms with Crippen molar-refractivity contribution < 1.29 is 14.7 Å².